The third kappa shape index (κ3) is 3.70. The van der Waals surface area contributed by atoms with Crippen molar-refractivity contribution >= 4 is 28.6 Å². The minimum absolute atomic E-state index is 0.171. The van der Waals surface area contributed by atoms with Crippen LogP contribution in [0.25, 0.3) is 0 Å². The summed E-state index contributed by atoms with van der Waals surface area (Å²) in [5.74, 6) is 0.814. The van der Waals surface area contributed by atoms with Crippen molar-refractivity contribution in [3.8, 4) is 0 Å². The maximum Gasteiger partial charge on any atom is 0.299 e. The summed E-state index contributed by atoms with van der Waals surface area (Å²) in [6.07, 6.45) is 0. The fraction of sp³-hybridized carbons (Fsp3) is 0.312. The molecular weight excluding hydrogens is 342 g/mol. The van der Waals surface area contributed by atoms with Gasteiger partial charge in [-0.15, -0.1) is 0 Å². The molecule has 136 valence electrons. The van der Waals surface area contributed by atoms with Crippen LogP contribution in [-0.2, 0) is 4.74 Å². The van der Waals surface area contributed by atoms with E-state index >= 15 is 0 Å². The lowest BCUT2D eigenvalue weighted by molar-refractivity contribution is -0.393. The maximum atomic E-state index is 11.2. The summed E-state index contributed by atoms with van der Waals surface area (Å²) >= 11 is 0. The zero-order chi connectivity index (χ0) is 18.7. The quantitative estimate of drug-likeness (QED) is 0.638. The molecule has 0 amide bonds. The topological polar surface area (TPSA) is 124 Å². The smallest absolute Gasteiger partial charge is 0.299 e. The summed E-state index contributed by atoms with van der Waals surface area (Å²) < 4.78 is 5.32. The summed E-state index contributed by atoms with van der Waals surface area (Å²) in [7, 11) is 0. The first-order valence-electron chi connectivity index (χ1n) is 7.96. The Bertz CT molecular complexity index is 851. The number of benzene rings is 1. The van der Waals surface area contributed by atoms with Gasteiger partial charge in [-0.2, -0.15) is 0 Å². The molecule has 1 aliphatic heterocycles. The van der Waals surface area contributed by atoms with Crippen LogP contribution in [0, 0.1) is 27.2 Å². The van der Waals surface area contributed by atoms with Gasteiger partial charge >= 0.3 is 0 Å². The fourth-order valence-corrected chi connectivity index (χ4v) is 2.68. The van der Waals surface area contributed by atoms with E-state index in [2.05, 4.69) is 15.2 Å². The number of pyridine rings is 1. The van der Waals surface area contributed by atoms with Gasteiger partial charge in [0.15, 0.2) is 0 Å². The summed E-state index contributed by atoms with van der Waals surface area (Å²) in [4.78, 5) is 27.4. The lowest BCUT2D eigenvalue weighted by Gasteiger charge is -2.28. The number of nitro groups is 2. The van der Waals surface area contributed by atoms with Crippen LogP contribution in [0.2, 0.25) is 0 Å². The lowest BCUT2D eigenvalue weighted by Crippen LogP contribution is -2.36. The monoisotopic (exact) mass is 359 g/mol. The van der Waals surface area contributed by atoms with E-state index in [-0.39, 0.29) is 17.1 Å². The van der Waals surface area contributed by atoms with Crippen molar-refractivity contribution in [3.05, 3.63) is 56.3 Å². The van der Waals surface area contributed by atoms with Crippen molar-refractivity contribution in [3.63, 3.8) is 0 Å². The number of aryl methyl sites for hydroxylation is 1. The average molecular weight is 359 g/mol. The number of rotatable bonds is 5. The molecular formula is C16H17N5O5. The van der Waals surface area contributed by atoms with Crippen LogP contribution in [0.1, 0.15) is 5.69 Å². The number of nitrogens with zero attached hydrogens (tertiary/aromatic N) is 4. The van der Waals surface area contributed by atoms with Crippen molar-refractivity contribution in [1.82, 2.24) is 4.98 Å². The summed E-state index contributed by atoms with van der Waals surface area (Å²) in [6.45, 7) is 4.61. The van der Waals surface area contributed by atoms with Gasteiger partial charge in [0, 0.05) is 19.2 Å². The predicted molar refractivity (Wildman–Crippen MR) is 95.0 cm³/mol. The molecule has 2 heterocycles. The van der Waals surface area contributed by atoms with Gasteiger partial charge < -0.3 is 15.0 Å². The second-order valence-electron chi connectivity index (χ2n) is 5.74. The van der Waals surface area contributed by atoms with E-state index in [9.17, 15) is 20.2 Å². The number of anilines is 3. The molecule has 2 aromatic rings. The van der Waals surface area contributed by atoms with Gasteiger partial charge in [0.1, 0.15) is 11.5 Å². The minimum Gasteiger partial charge on any atom is -0.378 e. The lowest BCUT2D eigenvalue weighted by atomic mass is 10.2. The Balaban J connectivity index is 1.86. The highest BCUT2D eigenvalue weighted by Gasteiger charge is 2.20. The van der Waals surface area contributed by atoms with Gasteiger partial charge in [0.05, 0.1) is 40.5 Å². The van der Waals surface area contributed by atoms with E-state index < -0.39 is 9.85 Å². The molecule has 26 heavy (non-hydrogen) atoms. The number of aromatic nitrogens is 1. The number of nitrogens with one attached hydrogen (secondary N) is 1. The highest BCUT2D eigenvalue weighted by molar-refractivity contribution is 5.73. The number of hydrogen-bond acceptors (Lipinski definition) is 8. The summed E-state index contributed by atoms with van der Waals surface area (Å²) in [5.41, 5.74) is 0.737. The molecule has 10 heteroatoms. The Hall–Kier alpha value is -3.27. The van der Waals surface area contributed by atoms with Gasteiger partial charge in [0.2, 0.25) is 0 Å². The van der Waals surface area contributed by atoms with Gasteiger partial charge in [-0.1, -0.05) is 0 Å². The molecule has 0 atom stereocenters. The van der Waals surface area contributed by atoms with Gasteiger partial charge in [0.25, 0.3) is 11.4 Å². The molecule has 0 unspecified atom stereocenters. The zero-order valence-corrected chi connectivity index (χ0v) is 14.0. The molecule has 1 aromatic carbocycles. The third-order valence-electron chi connectivity index (χ3n) is 4.06. The van der Waals surface area contributed by atoms with E-state index in [0.717, 1.165) is 25.0 Å². The molecule has 1 N–H and O–H groups in total. The molecule has 1 saturated heterocycles. The molecule has 0 aliphatic carbocycles. The maximum absolute atomic E-state index is 11.2. The van der Waals surface area contributed by atoms with Crippen LogP contribution in [0.4, 0.5) is 28.6 Å². The molecule has 0 radical (unpaired) electrons. The van der Waals surface area contributed by atoms with E-state index in [1.807, 2.05) is 6.07 Å². The Morgan fingerprint density at radius 2 is 1.77 bits per heavy atom. The fourth-order valence-electron chi connectivity index (χ4n) is 2.68. The first-order chi connectivity index (χ1) is 12.5. The van der Waals surface area contributed by atoms with Crippen molar-refractivity contribution in [2.45, 2.75) is 6.92 Å². The van der Waals surface area contributed by atoms with Crippen molar-refractivity contribution < 1.29 is 14.6 Å². The molecule has 0 spiro atoms. The second-order valence-corrected chi connectivity index (χ2v) is 5.74. The van der Waals surface area contributed by atoms with E-state index in [1.54, 1.807) is 13.0 Å². The number of ether oxygens (including phenoxy) is 1. The van der Waals surface area contributed by atoms with Crippen LogP contribution in [0.3, 0.4) is 0 Å². The first kappa shape index (κ1) is 17.5. The number of hydrogen-bond donors (Lipinski definition) is 1. The van der Waals surface area contributed by atoms with E-state index in [0.29, 0.717) is 24.6 Å². The normalized spacial score (nSPS) is 14.1. The zero-order valence-electron chi connectivity index (χ0n) is 14.0. The Labute approximate surface area is 148 Å². The van der Waals surface area contributed by atoms with Crippen molar-refractivity contribution in [2.24, 2.45) is 0 Å². The van der Waals surface area contributed by atoms with Crippen LogP contribution < -0.4 is 10.2 Å². The Kier molecular flexibility index (Phi) is 4.94. The first-order valence-corrected chi connectivity index (χ1v) is 7.96. The average Bonchev–Trinajstić information content (AvgIpc) is 2.64. The molecule has 1 aliphatic rings. The highest BCUT2D eigenvalue weighted by Crippen LogP contribution is 2.32. The van der Waals surface area contributed by atoms with Crippen LogP contribution in [-0.4, -0.2) is 41.1 Å². The van der Waals surface area contributed by atoms with E-state index in [4.69, 9.17) is 4.74 Å². The predicted octanol–water partition coefficient (Wildman–Crippen LogP) is 2.79. The molecule has 3 rings (SSSR count). The van der Waals surface area contributed by atoms with Gasteiger partial charge in [-0.05, 0) is 25.1 Å². The number of nitro benzene ring substituents is 2. The molecule has 1 aromatic heterocycles. The van der Waals surface area contributed by atoms with E-state index in [1.165, 1.54) is 12.1 Å². The SMILES string of the molecule is Cc1nc(N2CCOCC2)ccc1Nc1ccc([N+](=O)[O-])cc1[N+](=O)[O-]. The Morgan fingerprint density at radius 3 is 2.38 bits per heavy atom. The summed E-state index contributed by atoms with van der Waals surface area (Å²) in [6, 6.07) is 7.11. The van der Waals surface area contributed by atoms with Crippen LogP contribution in [0.15, 0.2) is 30.3 Å². The standard InChI is InChI=1S/C16H17N5O5/c1-11-13(4-5-16(17-11)19-6-8-26-9-7-19)18-14-3-2-12(20(22)23)10-15(14)21(24)25/h2-5,10,18H,6-9H2,1H3. The molecule has 0 saturated carbocycles. The number of morpholine rings is 1. The minimum atomic E-state index is -0.666. The largest absolute Gasteiger partial charge is 0.378 e. The van der Waals surface area contributed by atoms with Crippen molar-refractivity contribution in [1.29, 1.82) is 0 Å². The van der Waals surface area contributed by atoms with Gasteiger partial charge in [-0.3, -0.25) is 20.2 Å². The third-order valence-corrected chi connectivity index (χ3v) is 4.06. The van der Waals surface area contributed by atoms with Crippen LogP contribution in [0.5, 0.6) is 0 Å². The molecule has 0 bridgehead atoms. The van der Waals surface area contributed by atoms with Crippen molar-refractivity contribution in [2.75, 3.05) is 36.5 Å². The van der Waals surface area contributed by atoms with Gasteiger partial charge in [-0.25, -0.2) is 4.98 Å². The Morgan fingerprint density at radius 1 is 1.08 bits per heavy atom. The highest BCUT2D eigenvalue weighted by atomic mass is 16.6. The number of non-ortho nitro benzene ring substituents is 1. The molecule has 10 nitrogen and oxygen atoms in total. The second kappa shape index (κ2) is 7.31. The molecule has 1 fully saturated rings. The van der Waals surface area contributed by atoms with Crippen LogP contribution >= 0.6 is 0 Å². The summed E-state index contributed by atoms with van der Waals surface area (Å²) in [5, 5.41) is 25.0.